The predicted octanol–water partition coefficient (Wildman–Crippen LogP) is 2.41. The monoisotopic (exact) mass is 382 g/mol. The summed E-state index contributed by atoms with van der Waals surface area (Å²) < 4.78 is 4.98. The molecule has 0 unspecified atom stereocenters. The first-order chi connectivity index (χ1) is 13.3. The number of nitrogens with zero attached hydrogens (tertiary/aromatic N) is 1. The molecule has 1 aliphatic rings. The molecule has 0 radical (unpaired) electrons. The first-order valence-electron chi connectivity index (χ1n) is 8.35. The van der Waals surface area contributed by atoms with E-state index in [4.69, 9.17) is 4.74 Å². The highest BCUT2D eigenvalue weighted by Crippen LogP contribution is 2.37. The summed E-state index contributed by atoms with van der Waals surface area (Å²) >= 11 is 0. The van der Waals surface area contributed by atoms with Crippen molar-refractivity contribution in [2.75, 3.05) is 17.3 Å². The third kappa shape index (κ3) is 3.66. The highest BCUT2D eigenvalue weighted by Gasteiger charge is 2.35. The fourth-order valence-electron chi connectivity index (χ4n) is 2.90. The number of imide groups is 1. The van der Waals surface area contributed by atoms with E-state index in [1.54, 1.807) is 24.3 Å². The summed E-state index contributed by atoms with van der Waals surface area (Å²) in [6.07, 6.45) is 1.36. The minimum atomic E-state index is -0.483. The summed E-state index contributed by atoms with van der Waals surface area (Å²) in [5.74, 6) is -1.84. The minimum absolute atomic E-state index is 0.0500. The summed E-state index contributed by atoms with van der Waals surface area (Å²) in [6.45, 7) is 1.38. The molecule has 3 N–H and O–H groups in total. The van der Waals surface area contributed by atoms with Crippen molar-refractivity contribution in [2.24, 2.45) is 0 Å². The molecule has 1 fully saturated rings. The van der Waals surface area contributed by atoms with Gasteiger partial charge in [-0.3, -0.25) is 14.4 Å². The van der Waals surface area contributed by atoms with Gasteiger partial charge in [-0.25, -0.2) is 4.90 Å². The van der Waals surface area contributed by atoms with Gasteiger partial charge in [0.15, 0.2) is 11.5 Å². The van der Waals surface area contributed by atoms with Crippen LogP contribution in [0.25, 0.3) is 6.08 Å². The van der Waals surface area contributed by atoms with Crippen molar-refractivity contribution in [3.63, 3.8) is 0 Å². The van der Waals surface area contributed by atoms with E-state index in [0.717, 1.165) is 4.90 Å². The molecule has 0 aromatic heterocycles. The van der Waals surface area contributed by atoms with Gasteiger partial charge in [-0.2, -0.15) is 0 Å². The molecule has 2 aromatic carbocycles. The number of carbonyl (C=O) groups excluding carboxylic acids is 3. The van der Waals surface area contributed by atoms with Gasteiger partial charge in [0, 0.05) is 18.2 Å². The molecule has 3 rings (SSSR count). The highest BCUT2D eigenvalue weighted by atomic mass is 16.5. The number of anilines is 2. The summed E-state index contributed by atoms with van der Waals surface area (Å²) in [5.41, 5.74) is 1.59. The maximum Gasteiger partial charge on any atom is 0.261 e. The lowest BCUT2D eigenvalue weighted by Gasteiger charge is -2.14. The number of phenols is 2. The number of hydrogen-bond donors (Lipinski definition) is 3. The van der Waals surface area contributed by atoms with Crippen LogP contribution in [0.15, 0.2) is 42.0 Å². The fraction of sp³-hybridized carbons (Fsp3) is 0.150. The third-order valence-corrected chi connectivity index (χ3v) is 4.15. The molecule has 0 saturated carbocycles. The van der Waals surface area contributed by atoms with Gasteiger partial charge in [0.25, 0.3) is 5.91 Å². The van der Waals surface area contributed by atoms with E-state index in [0.29, 0.717) is 16.9 Å². The zero-order valence-electron chi connectivity index (χ0n) is 15.2. The molecule has 1 heterocycles. The van der Waals surface area contributed by atoms with E-state index in [1.807, 2.05) is 0 Å². The van der Waals surface area contributed by atoms with Crippen molar-refractivity contribution in [3.8, 4) is 17.2 Å². The number of methoxy groups -OCH3 is 1. The van der Waals surface area contributed by atoms with Crippen LogP contribution in [0.4, 0.5) is 11.4 Å². The lowest BCUT2D eigenvalue weighted by atomic mass is 10.1. The quantitative estimate of drug-likeness (QED) is 0.425. The molecular formula is C20H18N2O6. The van der Waals surface area contributed by atoms with E-state index >= 15 is 0 Å². The number of benzene rings is 2. The van der Waals surface area contributed by atoms with Crippen LogP contribution in [0.3, 0.4) is 0 Å². The van der Waals surface area contributed by atoms with Gasteiger partial charge >= 0.3 is 0 Å². The van der Waals surface area contributed by atoms with Crippen LogP contribution < -0.4 is 15.0 Å². The van der Waals surface area contributed by atoms with Crippen molar-refractivity contribution in [3.05, 3.63) is 47.5 Å². The number of nitrogens with one attached hydrogen (secondary N) is 1. The Labute approximate surface area is 160 Å². The normalized spacial score (nSPS) is 15.2. The second-order valence-corrected chi connectivity index (χ2v) is 6.20. The molecule has 0 bridgehead atoms. The molecule has 0 atom stereocenters. The lowest BCUT2D eigenvalue weighted by Crippen LogP contribution is -2.28. The Hall–Kier alpha value is -3.81. The van der Waals surface area contributed by atoms with Crippen LogP contribution in [0.5, 0.6) is 17.2 Å². The Morgan fingerprint density at radius 1 is 1.18 bits per heavy atom. The number of carbonyl (C=O) groups is 3. The van der Waals surface area contributed by atoms with Crippen LogP contribution in [0.1, 0.15) is 18.9 Å². The molecule has 144 valence electrons. The van der Waals surface area contributed by atoms with Gasteiger partial charge in [0.2, 0.25) is 17.6 Å². The maximum atomic E-state index is 12.7. The number of rotatable bonds is 4. The Morgan fingerprint density at radius 3 is 2.46 bits per heavy atom. The largest absolute Gasteiger partial charge is 0.504 e. The highest BCUT2D eigenvalue weighted by molar-refractivity contribution is 6.29. The van der Waals surface area contributed by atoms with Crippen LogP contribution >= 0.6 is 0 Å². The number of hydrogen-bond acceptors (Lipinski definition) is 6. The van der Waals surface area contributed by atoms with E-state index in [9.17, 15) is 24.6 Å². The predicted molar refractivity (Wildman–Crippen MR) is 102 cm³/mol. The van der Waals surface area contributed by atoms with Gasteiger partial charge in [-0.05, 0) is 48.0 Å². The first kappa shape index (κ1) is 19.0. The summed E-state index contributed by atoms with van der Waals surface area (Å²) in [6, 6.07) is 9.06. The van der Waals surface area contributed by atoms with Gasteiger partial charge in [-0.1, -0.05) is 0 Å². The molecule has 28 heavy (non-hydrogen) atoms. The smallest absolute Gasteiger partial charge is 0.261 e. The Balaban J connectivity index is 1.88. The fourth-order valence-corrected chi connectivity index (χ4v) is 2.90. The molecule has 8 heteroatoms. The van der Waals surface area contributed by atoms with E-state index in [1.165, 1.54) is 32.2 Å². The zero-order chi connectivity index (χ0) is 20.4. The van der Waals surface area contributed by atoms with Crippen LogP contribution in [-0.4, -0.2) is 35.0 Å². The van der Waals surface area contributed by atoms with E-state index < -0.39 is 23.3 Å². The van der Waals surface area contributed by atoms with Crippen LogP contribution in [0.2, 0.25) is 0 Å². The molecule has 2 aromatic rings. The Kier molecular flexibility index (Phi) is 5.04. The maximum absolute atomic E-state index is 12.7. The molecule has 1 saturated heterocycles. The molecule has 1 aliphatic heterocycles. The van der Waals surface area contributed by atoms with E-state index in [-0.39, 0.29) is 23.7 Å². The first-order valence-corrected chi connectivity index (χ1v) is 8.35. The van der Waals surface area contributed by atoms with Gasteiger partial charge < -0.3 is 20.3 Å². The number of aromatic hydroxyl groups is 2. The van der Waals surface area contributed by atoms with Gasteiger partial charge in [0.1, 0.15) is 0 Å². The van der Waals surface area contributed by atoms with Crippen molar-refractivity contribution < 1.29 is 29.3 Å². The summed E-state index contributed by atoms with van der Waals surface area (Å²) in [4.78, 5) is 37.2. The Bertz CT molecular complexity index is 995. The Morgan fingerprint density at radius 2 is 1.86 bits per heavy atom. The lowest BCUT2D eigenvalue weighted by molar-refractivity contribution is -0.120. The number of amides is 3. The van der Waals surface area contributed by atoms with Gasteiger partial charge in [0.05, 0.1) is 19.2 Å². The molecule has 0 spiro atoms. The topological polar surface area (TPSA) is 116 Å². The second-order valence-electron chi connectivity index (χ2n) is 6.20. The van der Waals surface area contributed by atoms with Gasteiger partial charge in [-0.15, -0.1) is 0 Å². The third-order valence-electron chi connectivity index (χ3n) is 4.15. The minimum Gasteiger partial charge on any atom is -0.504 e. The standard InChI is InChI=1S/C20H18N2O6/c1-11(23)21-14-3-5-15(6-4-14)22-18(25)10-13(20(22)27)7-12-8-16(24)19(26)17(9-12)28-2/h3-9,24,26H,10H2,1-2H3,(H,21,23). The number of ether oxygens (including phenoxy) is 1. The van der Waals surface area contributed by atoms with Crippen LogP contribution in [-0.2, 0) is 14.4 Å². The van der Waals surface area contributed by atoms with Crippen molar-refractivity contribution in [2.45, 2.75) is 13.3 Å². The second kappa shape index (κ2) is 7.43. The van der Waals surface area contributed by atoms with Crippen molar-refractivity contribution >= 4 is 35.2 Å². The number of phenolic OH excluding ortho intramolecular Hbond substituents is 2. The molecule has 8 nitrogen and oxygen atoms in total. The average molecular weight is 382 g/mol. The zero-order valence-corrected chi connectivity index (χ0v) is 15.2. The van der Waals surface area contributed by atoms with Crippen LogP contribution in [0, 0.1) is 0 Å². The average Bonchev–Trinajstić information content (AvgIpc) is 2.91. The molecular weight excluding hydrogens is 364 g/mol. The SMILES string of the molecule is COc1cc(C=C2CC(=O)N(c3ccc(NC(C)=O)cc3)C2=O)cc(O)c1O. The van der Waals surface area contributed by atoms with Crippen molar-refractivity contribution in [1.29, 1.82) is 0 Å². The molecule has 3 amide bonds. The van der Waals surface area contributed by atoms with Crippen molar-refractivity contribution in [1.82, 2.24) is 0 Å². The summed E-state index contributed by atoms with van der Waals surface area (Å²) in [7, 11) is 1.34. The molecule has 0 aliphatic carbocycles. The van der Waals surface area contributed by atoms with E-state index in [2.05, 4.69) is 5.32 Å². The summed E-state index contributed by atoms with van der Waals surface area (Å²) in [5, 5.41) is 22.1.